The quantitative estimate of drug-likeness (QED) is 0.704. The summed E-state index contributed by atoms with van der Waals surface area (Å²) in [5, 5.41) is 8.51. The molecule has 2 amide bonds. The van der Waals surface area contributed by atoms with E-state index < -0.39 is 0 Å². The average Bonchev–Trinajstić information content (AvgIpc) is 3.08. The second kappa shape index (κ2) is 8.13. The van der Waals surface area contributed by atoms with Crippen LogP contribution in [0.2, 0.25) is 0 Å². The van der Waals surface area contributed by atoms with E-state index in [2.05, 4.69) is 10.4 Å². The van der Waals surface area contributed by atoms with E-state index in [4.69, 9.17) is 0 Å². The van der Waals surface area contributed by atoms with Gasteiger partial charge >= 0.3 is 0 Å². The maximum absolute atomic E-state index is 12.7. The predicted octanol–water partition coefficient (Wildman–Crippen LogP) is 3.50. The Morgan fingerprint density at radius 1 is 1.14 bits per heavy atom. The van der Waals surface area contributed by atoms with Crippen LogP contribution in [-0.2, 0) is 9.59 Å². The molecule has 1 atom stereocenters. The van der Waals surface area contributed by atoms with Crippen molar-refractivity contribution in [1.82, 2.24) is 15.1 Å². The van der Waals surface area contributed by atoms with Crippen molar-refractivity contribution in [3.05, 3.63) is 71.9 Å². The summed E-state index contributed by atoms with van der Waals surface area (Å²) in [6, 6.07) is 19.4. The number of para-hydroxylation sites is 1. The second-order valence-corrected chi connectivity index (χ2v) is 7.92. The van der Waals surface area contributed by atoms with E-state index >= 15 is 0 Å². The number of anilines is 1. The first-order valence-electron chi connectivity index (χ1n) is 9.47. The number of nitrogens with zero attached hydrogens (tertiary/aromatic N) is 3. The van der Waals surface area contributed by atoms with Crippen molar-refractivity contribution in [1.29, 1.82) is 0 Å². The molecule has 0 radical (unpaired) electrons. The number of carbonyl (C=O) groups is 2. The molecule has 0 saturated carbocycles. The average molecular weight is 407 g/mol. The molecule has 3 aromatic rings. The maximum Gasteiger partial charge on any atom is 0.240 e. The lowest BCUT2D eigenvalue weighted by atomic mass is 10.1. The Labute approximate surface area is 173 Å². The number of nitrogens with one attached hydrogen (secondary N) is 1. The second-order valence-electron chi connectivity index (χ2n) is 6.95. The van der Waals surface area contributed by atoms with Crippen LogP contribution >= 0.6 is 11.8 Å². The smallest absolute Gasteiger partial charge is 0.240 e. The Morgan fingerprint density at radius 2 is 1.79 bits per heavy atom. The number of aromatic nitrogens is 2. The first-order chi connectivity index (χ1) is 14.0. The number of hydrogen-bond donors (Lipinski definition) is 1. The summed E-state index contributed by atoms with van der Waals surface area (Å²) >= 11 is 1.46. The highest BCUT2D eigenvalue weighted by Gasteiger charge is 2.32. The van der Waals surface area contributed by atoms with Crippen LogP contribution in [0.3, 0.4) is 0 Å². The molecule has 2 heterocycles. The molecular formula is C22H22N4O2S. The van der Waals surface area contributed by atoms with Crippen molar-refractivity contribution >= 4 is 29.3 Å². The van der Waals surface area contributed by atoms with Gasteiger partial charge in [-0.05, 0) is 31.5 Å². The molecule has 0 spiro atoms. The number of benzene rings is 2. The van der Waals surface area contributed by atoms with Gasteiger partial charge in [0, 0.05) is 0 Å². The molecule has 2 aromatic carbocycles. The van der Waals surface area contributed by atoms with Crippen molar-refractivity contribution in [3.63, 3.8) is 0 Å². The maximum atomic E-state index is 12.7. The van der Waals surface area contributed by atoms with E-state index in [0.717, 1.165) is 27.7 Å². The molecule has 7 heteroatoms. The molecule has 29 heavy (non-hydrogen) atoms. The Morgan fingerprint density at radius 3 is 2.48 bits per heavy atom. The topological polar surface area (TPSA) is 67.2 Å². The number of amides is 2. The minimum Gasteiger partial charge on any atom is -0.348 e. The number of carbonyl (C=O) groups excluding carboxylic acids is 2. The summed E-state index contributed by atoms with van der Waals surface area (Å²) in [6.45, 7) is 3.78. The van der Waals surface area contributed by atoms with Gasteiger partial charge in [-0.3, -0.25) is 14.5 Å². The van der Waals surface area contributed by atoms with Gasteiger partial charge in [-0.2, -0.15) is 5.10 Å². The summed E-state index contributed by atoms with van der Waals surface area (Å²) in [7, 11) is 0. The molecule has 6 nitrogen and oxygen atoms in total. The van der Waals surface area contributed by atoms with Crippen molar-refractivity contribution in [3.8, 4) is 5.69 Å². The Kier molecular flexibility index (Phi) is 5.40. The summed E-state index contributed by atoms with van der Waals surface area (Å²) in [4.78, 5) is 26.9. The molecule has 0 aliphatic carbocycles. The zero-order valence-electron chi connectivity index (χ0n) is 16.3. The molecule has 1 aromatic heterocycles. The number of fused-ring (bicyclic) bond motifs is 1. The number of thioether (sulfide) groups is 1. The molecule has 1 N–H and O–H groups in total. The van der Waals surface area contributed by atoms with Gasteiger partial charge in [0.25, 0.3) is 0 Å². The van der Waals surface area contributed by atoms with Crippen LogP contribution < -0.4 is 10.2 Å². The van der Waals surface area contributed by atoms with Gasteiger partial charge < -0.3 is 5.32 Å². The highest BCUT2D eigenvalue weighted by molar-refractivity contribution is 8.00. The normalized spacial score (nSPS) is 14.4. The molecule has 0 fully saturated rings. The molecule has 148 valence electrons. The van der Waals surface area contributed by atoms with Crippen LogP contribution in [-0.4, -0.2) is 33.9 Å². The standard InChI is InChI=1S/C22H22N4O2S/c1-15(17-9-5-3-6-10-17)23-19(27)13-25-20(28)14-29-22-21(25)16(2)24-26(22)18-11-7-4-8-12-18/h3-12,15H,13-14H2,1-2H3,(H,23,27). The van der Waals surface area contributed by atoms with Crippen LogP contribution in [0.1, 0.15) is 24.2 Å². The lowest BCUT2D eigenvalue weighted by molar-refractivity contribution is -0.123. The summed E-state index contributed by atoms with van der Waals surface area (Å²) in [6.07, 6.45) is 0. The lowest BCUT2D eigenvalue weighted by Gasteiger charge is -2.27. The minimum absolute atomic E-state index is 0.0229. The Bertz CT molecular complexity index is 1030. The van der Waals surface area contributed by atoms with Gasteiger partial charge in [-0.1, -0.05) is 60.3 Å². The highest BCUT2D eigenvalue weighted by atomic mass is 32.2. The summed E-state index contributed by atoms with van der Waals surface area (Å²) in [5.74, 6) is 0.00656. The van der Waals surface area contributed by atoms with Gasteiger partial charge in [0.1, 0.15) is 11.6 Å². The molecular weight excluding hydrogens is 384 g/mol. The number of aryl methyl sites for hydroxylation is 1. The van der Waals surface area contributed by atoms with Crippen LogP contribution in [0.4, 0.5) is 5.69 Å². The van der Waals surface area contributed by atoms with E-state index in [0.29, 0.717) is 0 Å². The molecule has 1 aliphatic heterocycles. The van der Waals surface area contributed by atoms with E-state index in [1.165, 1.54) is 11.8 Å². The zero-order valence-corrected chi connectivity index (χ0v) is 17.1. The first kappa shape index (κ1) is 19.3. The van der Waals surface area contributed by atoms with E-state index in [9.17, 15) is 9.59 Å². The number of hydrogen-bond acceptors (Lipinski definition) is 4. The fourth-order valence-electron chi connectivity index (χ4n) is 3.44. The Hall–Kier alpha value is -3.06. The highest BCUT2D eigenvalue weighted by Crippen LogP contribution is 2.39. The lowest BCUT2D eigenvalue weighted by Crippen LogP contribution is -2.44. The van der Waals surface area contributed by atoms with Crippen molar-refractivity contribution < 1.29 is 9.59 Å². The number of rotatable bonds is 5. The third-order valence-electron chi connectivity index (χ3n) is 4.87. The van der Waals surface area contributed by atoms with Crippen LogP contribution in [0, 0.1) is 6.92 Å². The van der Waals surface area contributed by atoms with Crippen LogP contribution in [0.5, 0.6) is 0 Å². The Balaban J connectivity index is 1.57. The van der Waals surface area contributed by atoms with E-state index in [1.807, 2.05) is 79.2 Å². The van der Waals surface area contributed by atoms with Crippen LogP contribution in [0.25, 0.3) is 5.69 Å². The monoisotopic (exact) mass is 406 g/mol. The molecule has 4 rings (SSSR count). The first-order valence-corrected chi connectivity index (χ1v) is 10.5. The molecule has 1 aliphatic rings. The summed E-state index contributed by atoms with van der Waals surface area (Å²) < 4.78 is 1.85. The molecule has 0 bridgehead atoms. The minimum atomic E-state index is -0.195. The van der Waals surface area contributed by atoms with Crippen molar-refractivity contribution in [2.45, 2.75) is 24.9 Å². The fourth-order valence-corrected chi connectivity index (χ4v) is 4.52. The van der Waals surface area contributed by atoms with Crippen LogP contribution in [0.15, 0.2) is 65.7 Å². The molecule has 1 unspecified atom stereocenters. The van der Waals surface area contributed by atoms with E-state index in [-0.39, 0.29) is 30.2 Å². The largest absolute Gasteiger partial charge is 0.348 e. The van der Waals surface area contributed by atoms with Gasteiger partial charge in [0.15, 0.2) is 0 Å². The van der Waals surface area contributed by atoms with Gasteiger partial charge in [0.2, 0.25) is 11.8 Å². The van der Waals surface area contributed by atoms with Gasteiger partial charge in [0.05, 0.1) is 28.9 Å². The van der Waals surface area contributed by atoms with Crippen molar-refractivity contribution in [2.24, 2.45) is 0 Å². The van der Waals surface area contributed by atoms with Gasteiger partial charge in [-0.25, -0.2) is 4.68 Å². The van der Waals surface area contributed by atoms with Gasteiger partial charge in [-0.15, -0.1) is 0 Å². The third kappa shape index (κ3) is 3.91. The van der Waals surface area contributed by atoms with E-state index in [1.54, 1.807) is 4.90 Å². The SMILES string of the molecule is Cc1nn(-c2ccccc2)c2c1N(CC(=O)NC(C)c1ccccc1)C(=O)CS2. The summed E-state index contributed by atoms with van der Waals surface area (Å²) in [5.41, 5.74) is 3.40. The van der Waals surface area contributed by atoms with Crippen molar-refractivity contribution in [2.75, 3.05) is 17.2 Å². The fraction of sp³-hybridized carbons (Fsp3) is 0.227. The third-order valence-corrected chi connectivity index (χ3v) is 5.90. The zero-order chi connectivity index (χ0) is 20.4. The molecule has 0 saturated heterocycles. The predicted molar refractivity (Wildman–Crippen MR) is 114 cm³/mol.